The third kappa shape index (κ3) is 3.31. The first-order valence-corrected chi connectivity index (χ1v) is 4.00. The van der Waals surface area contributed by atoms with Crippen molar-refractivity contribution in [3.63, 3.8) is 0 Å². The van der Waals surface area contributed by atoms with Crippen molar-refractivity contribution in [1.29, 1.82) is 0 Å². The van der Waals surface area contributed by atoms with E-state index in [4.69, 9.17) is 0 Å². The monoisotopic (exact) mass is 248 g/mol. The standard InChI is InChI=1S/C3H2F6O4S/c4-1(5)3(7,8)2(6)12-14(10,11)13-9/h1-2H. The molecule has 11 heteroatoms. The van der Waals surface area contributed by atoms with Gasteiger partial charge in [0.2, 0.25) is 0 Å². The minimum absolute atomic E-state index is 1.91. The maximum absolute atomic E-state index is 12.0. The molecule has 14 heavy (non-hydrogen) atoms. The fraction of sp³-hybridized carbons (Fsp3) is 1.00. The Balaban J connectivity index is 4.58. The fourth-order valence-corrected chi connectivity index (χ4v) is 0.646. The molecule has 86 valence electrons. The molecule has 0 N–H and O–H groups in total. The molecule has 0 amide bonds. The van der Waals surface area contributed by atoms with E-state index in [0.29, 0.717) is 0 Å². The zero-order valence-electron chi connectivity index (χ0n) is 5.96. The van der Waals surface area contributed by atoms with E-state index in [2.05, 4.69) is 4.18 Å². The molecule has 0 aliphatic heterocycles. The van der Waals surface area contributed by atoms with Crippen LogP contribution in [0.15, 0.2) is 0 Å². The van der Waals surface area contributed by atoms with Crippen LogP contribution in [0.3, 0.4) is 0 Å². The van der Waals surface area contributed by atoms with Gasteiger partial charge in [-0.1, -0.05) is 0 Å². The lowest BCUT2D eigenvalue weighted by Crippen LogP contribution is -2.40. The highest BCUT2D eigenvalue weighted by atomic mass is 32.3. The second-order valence-electron chi connectivity index (χ2n) is 1.86. The SMILES string of the molecule is O=S(=O)(OF)OC(F)C(F)(F)C(F)F. The Labute approximate surface area is 73.6 Å². The number of rotatable bonds is 5. The average molecular weight is 248 g/mol. The highest BCUT2D eigenvalue weighted by molar-refractivity contribution is 7.81. The van der Waals surface area contributed by atoms with Crippen molar-refractivity contribution in [3.05, 3.63) is 0 Å². The zero-order chi connectivity index (χ0) is 11.6. The van der Waals surface area contributed by atoms with Gasteiger partial charge in [-0.05, 0) is 8.91 Å². The molecular formula is C3H2F6O4S. The van der Waals surface area contributed by atoms with Crippen molar-refractivity contribution in [3.8, 4) is 0 Å². The van der Waals surface area contributed by atoms with E-state index in [1.165, 1.54) is 0 Å². The van der Waals surface area contributed by atoms with Crippen LogP contribution in [-0.2, 0) is 19.0 Å². The van der Waals surface area contributed by atoms with Gasteiger partial charge in [0.05, 0.1) is 0 Å². The molecule has 0 bridgehead atoms. The summed E-state index contributed by atoms with van der Waals surface area (Å²) in [6.07, 6.45) is -8.74. The van der Waals surface area contributed by atoms with Gasteiger partial charge in [-0.2, -0.15) is 17.2 Å². The molecule has 0 saturated carbocycles. The second kappa shape index (κ2) is 4.31. The minimum atomic E-state index is -5.69. The van der Waals surface area contributed by atoms with Crippen LogP contribution in [0.1, 0.15) is 0 Å². The van der Waals surface area contributed by atoms with Crippen LogP contribution in [0.5, 0.6) is 0 Å². The minimum Gasteiger partial charge on any atom is -0.208 e. The van der Waals surface area contributed by atoms with Crippen LogP contribution in [0.2, 0.25) is 0 Å². The Hall–Kier alpha value is -0.550. The van der Waals surface area contributed by atoms with Gasteiger partial charge in [0.1, 0.15) is 0 Å². The lowest BCUT2D eigenvalue weighted by Gasteiger charge is -2.17. The van der Waals surface area contributed by atoms with Crippen molar-refractivity contribution in [2.24, 2.45) is 0 Å². The summed E-state index contributed by atoms with van der Waals surface area (Å²) in [7, 11) is -5.69. The van der Waals surface area contributed by atoms with Crippen LogP contribution in [0, 0.1) is 0 Å². The van der Waals surface area contributed by atoms with E-state index in [0.717, 1.165) is 0 Å². The molecule has 0 spiro atoms. The summed E-state index contributed by atoms with van der Waals surface area (Å²) in [6, 6.07) is 0. The summed E-state index contributed by atoms with van der Waals surface area (Å²) >= 11 is 0. The van der Waals surface area contributed by atoms with Crippen LogP contribution >= 0.6 is 0 Å². The molecule has 0 heterocycles. The van der Waals surface area contributed by atoms with Gasteiger partial charge in [-0.15, -0.1) is 0 Å². The zero-order valence-corrected chi connectivity index (χ0v) is 6.78. The summed E-state index contributed by atoms with van der Waals surface area (Å²) in [5, 5.41) is 0. The van der Waals surface area contributed by atoms with E-state index in [1.54, 1.807) is 0 Å². The first kappa shape index (κ1) is 13.4. The average Bonchev–Trinajstić information content (AvgIpc) is 2.03. The summed E-state index contributed by atoms with van der Waals surface area (Å²) < 4.78 is 93.6. The predicted molar refractivity (Wildman–Crippen MR) is 28.0 cm³/mol. The van der Waals surface area contributed by atoms with E-state index in [1.807, 2.05) is 4.39 Å². The third-order valence-electron chi connectivity index (χ3n) is 0.873. The molecule has 1 atom stereocenters. The van der Waals surface area contributed by atoms with Gasteiger partial charge in [0.25, 0.3) is 6.36 Å². The summed E-state index contributed by atoms with van der Waals surface area (Å²) in [4.78, 5) is 0. The molecule has 0 aliphatic carbocycles. The van der Waals surface area contributed by atoms with Crippen molar-refractivity contribution in [2.75, 3.05) is 0 Å². The Morgan fingerprint density at radius 3 is 1.86 bits per heavy atom. The van der Waals surface area contributed by atoms with Gasteiger partial charge in [0, 0.05) is 0 Å². The van der Waals surface area contributed by atoms with Gasteiger partial charge in [0.15, 0.2) is 0 Å². The molecule has 4 nitrogen and oxygen atoms in total. The summed E-state index contributed by atoms with van der Waals surface area (Å²) in [5.41, 5.74) is 0. The molecule has 0 saturated heterocycles. The molecular weight excluding hydrogens is 246 g/mol. The van der Waals surface area contributed by atoms with Crippen LogP contribution in [0.4, 0.5) is 26.5 Å². The van der Waals surface area contributed by atoms with E-state index < -0.39 is 29.1 Å². The number of hydrogen-bond acceptors (Lipinski definition) is 4. The lowest BCUT2D eigenvalue weighted by atomic mass is 10.4. The quantitative estimate of drug-likeness (QED) is 0.689. The Kier molecular flexibility index (Phi) is 4.15. The van der Waals surface area contributed by atoms with Gasteiger partial charge < -0.3 is 0 Å². The normalized spacial score (nSPS) is 15.9. The first-order valence-electron chi connectivity index (χ1n) is 2.67. The molecule has 0 aliphatic rings. The molecule has 0 rings (SSSR count). The molecule has 0 fully saturated rings. The third-order valence-corrected chi connectivity index (χ3v) is 1.43. The van der Waals surface area contributed by atoms with Crippen molar-refractivity contribution in [2.45, 2.75) is 18.7 Å². The van der Waals surface area contributed by atoms with Crippen LogP contribution in [-0.4, -0.2) is 27.1 Å². The second-order valence-corrected chi connectivity index (χ2v) is 2.99. The van der Waals surface area contributed by atoms with Gasteiger partial charge in [-0.3, -0.25) is 0 Å². The molecule has 1 unspecified atom stereocenters. The fourth-order valence-electron chi connectivity index (χ4n) is 0.282. The summed E-state index contributed by atoms with van der Waals surface area (Å²) in [6.45, 7) is 0. The maximum Gasteiger partial charge on any atom is 0.433 e. The highest BCUT2D eigenvalue weighted by Gasteiger charge is 2.52. The Bertz CT molecular complexity index is 275. The maximum atomic E-state index is 12.0. The predicted octanol–water partition coefficient (Wildman–Crippen LogP) is 1.34. The number of hydrogen-bond donors (Lipinski definition) is 0. The Morgan fingerprint density at radius 1 is 1.14 bits per heavy atom. The van der Waals surface area contributed by atoms with E-state index in [9.17, 15) is 34.9 Å². The Morgan fingerprint density at radius 2 is 1.57 bits per heavy atom. The van der Waals surface area contributed by atoms with Gasteiger partial charge in [-0.25, -0.2) is 17.4 Å². The molecule has 0 aromatic rings. The number of halogens is 6. The number of alkyl halides is 5. The van der Waals surface area contributed by atoms with Crippen molar-refractivity contribution >= 4 is 10.4 Å². The smallest absolute Gasteiger partial charge is 0.208 e. The molecule has 0 radical (unpaired) electrons. The van der Waals surface area contributed by atoms with Crippen molar-refractivity contribution < 1.29 is 43.5 Å². The highest BCUT2D eigenvalue weighted by Crippen LogP contribution is 2.30. The van der Waals surface area contributed by atoms with E-state index in [-0.39, 0.29) is 0 Å². The lowest BCUT2D eigenvalue weighted by molar-refractivity contribution is -0.224. The van der Waals surface area contributed by atoms with Crippen molar-refractivity contribution in [1.82, 2.24) is 0 Å². The molecule has 0 aromatic heterocycles. The summed E-state index contributed by atoms with van der Waals surface area (Å²) in [5.74, 6) is -5.38. The topological polar surface area (TPSA) is 52.6 Å². The van der Waals surface area contributed by atoms with Crippen LogP contribution < -0.4 is 0 Å². The van der Waals surface area contributed by atoms with Crippen LogP contribution in [0.25, 0.3) is 0 Å². The van der Waals surface area contributed by atoms with Gasteiger partial charge >= 0.3 is 22.7 Å². The molecule has 0 aromatic carbocycles. The first-order chi connectivity index (χ1) is 6.13. The van der Waals surface area contributed by atoms with E-state index >= 15 is 0 Å². The largest absolute Gasteiger partial charge is 0.433 e.